The standard InChI is InChI=1S/C26H32N6/c1-31(2)25-22-12-4-6-13-23(22)29-26(30-25)28-20-10-8-9-19(15-20)27-16-18-17-32(3)24-14-7-5-11-21(18)24/h4-7,11-14,17,19-20,27H,8-10,15-16H2,1-3H3,(H,28,29,30). The molecule has 2 atom stereocenters. The van der Waals surface area contributed by atoms with Crippen LogP contribution >= 0.6 is 0 Å². The van der Waals surface area contributed by atoms with Gasteiger partial charge in [0.25, 0.3) is 0 Å². The maximum atomic E-state index is 4.83. The molecule has 2 unspecified atom stereocenters. The van der Waals surface area contributed by atoms with Gasteiger partial charge in [-0.25, -0.2) is 4.98 Å². The van der Waals surface area contributed by atoms with Crippen LogP contribution in [0.1, 0.15) is 31.2 Å². The Morgan fingerprint density at radius 1 is 0.969 bits per heavy atom. The van der Waals surface area contributed by atoms with Gasteiger partial charge >= 0.3 is 0 Å². The number of nitrogens with one attached hydrogen (secondary N) is 2. The quantitative estimate of drug-likeness (QED) is 0.466. The van der Waals surface area contributed by atoms with E-state index in [4.69, 9.17) is 9.97 Å². The fourth-order valence-electron chi connectivity index (χ4n) is 4.97. The monoisotopic (exact) mass is 428 g/mol. The molecule has 2 aromatic carbocycles. The fraction of sp³-hybridized carbons (Fsp3) is 0.385. The van der Waals surface area contributed by atoms with Crippen molar-refractivity contribution in [2.45, 2.75) is 44.3 Å². The van der Waals surface area contributed by atoms with Crippen LogP contribution in [-0.2, 0) is 13.6 Å². The average molecular weight is 429 g/mol. The van der Waals surface area contributed by atoms with E-state index in [1.165, 1.54) is 29.3 Å². The summed E-state index contributed by atoms with van der Waals surface area (Å²) in [6.45, 7) is 0.899. The van der Waals surface area contributed by atoms with Crippen LogP contribution in [-0.4, -0.2) is 40.7 Å². The Kier molecular flexibility index (Phi) is 5.70. The Morgan fingerprint density at radius 2 is 1.72 bits per heavy atom. The number of para-hydroxylation sites is 2. The van der Waals surface area contributed by atoms with E-state index in [1.54, 1.807) is 0 Å². The summed E-state index contributed by atoms with van der Waals surface area (Å²) in [5.41, 5.74) is 3.64. The first-order valence-electron chi connectivity index (χ1n) is 11.6. The lowest BCUT2D eigenvalue weighted by Crippen LogP contribution is -2.38. The Labute approximate surface area is 189 Å². The predicted molar refractivity (Wildman–Crippen MR) is 133 cm³/mol. The summed E-state index contributed by atoms with van der Waals surface area (Å²) in [7, 11) is 6.19. The zero-order chi connectivity index (χ0) is 22.1. The fourth-order valence-corrected chi connectivity index (χ4v) is 4.97. The van der Waals surface area contributed by atoms with Gasteiger partial charge in [-0.05, 0) is 49.4 Å². The third-order valence-corrected chi connectivity index (χ3v) is 6.57. The van der Waals surface area contributed by atoms with Crippen molar-refractivity contribution in [1.29, 1.82) is 0 Å². The Balaban J connectivity index is 1.27. The van der Waals surface area contributed by atoms with Crippen LogP contribution in [0.4, 0.5) is 11.8 Å². The molecule has 1 aliphatic rings. The van der Waals surface area contributed by atoms with Gasteiger partial charge in [0, 0.05) is 62.3 Å². The van der Waals surface area contributed by atoms with Gasteiger partial charge in [-0.3, -0.25) is 0 Å². The summed E-state index contributed by atoms with van der Waals surface area (Å²) >= 11 is 0. The van der Waals surface area contributed by atoms with Crippen LogP contribution in [0.15, 0.2) is 54.7 Å². The molecule has 0 amide bonds. The van der Waals surface area contributed by atoms with E-state index in [0.717, 1.165) is 42.1 Å². The van der Waals surface area contributed by atoms with Gasteiger partial charge in [-0.1, -0.05) is 30.3 Å². The number of rotatable bonds is 6. The van der Waals surface area contributed by atoms with Crippen molar-refractivity contribution in [2.24, 2.45) is 7.05 Å². The summed E-state index contributed by atoms with van der Waals surface area (Å²) < 4.78 is 2.22. The van der Waals surface area contributed by atoms with Gasteiger partial charge in [0.05, 0.1) is 5.52 Å². The number of anilines is 2. The molecule has 2 heterocycles. The zero-order valence-corrected chi connectivity index (χ0v) is 19.2. The SMILES string of the molecule is CN(C)c1nc(NC2CCCC(NCc3cn(C)c4ccccc34)C2)nc2ccccc12. The van der Waals surface area contributed by atoms with E-state index in [1.807, 2.05) is 26.2 Å². The van der Waals surface area contributed by atoms with Gasteiger partial charge in [0.2, 0.25) is 5.95 Å². The summed E-state index contributed by atoms with van der Waals surface area (Å²) in [5.74, 6) is 1.69. The first-order valence-corrected chi connectivity index (χ1v) is 11.6. The Hall–Kier alpha value is -3.12. The Morgan fingerprint density at radius 3 is 2.56 bits per heavy atom. The molecule has 32 heavy (non-hydrogen) atoms. The molecule has 5 rings (SSSR count). The van der Waals surface area contributed by atoms with Crippen molar-refractivity contribution in [3.05, 3.63) is 60.3 Å². The van der Waals surface area contributed by atoms with Crippen LogP contribution in [0, 0.1) is 0 Å². The molecule has 1 fully saturated rings. The van der Waals surface area contributed by atoms with Crippen molar-refractivity contribution < 1.29 is 0 Å². The zero-order valence-electron chi connectivity index (χ0n) is 19.2. The number of aromatic nitrogens is 3. The normalized spacial score (nSPS) is 18.8. The molecule has 166 valence electrons. The van der Waals surface area contributed by atoms with Crippen LogP contribution in [0.25, 0.3) is 21.8 Å². The number of hydrogen-bond acceptors (Lipinski definition) is 5. The molecule has 0 bridgehead atoms. The maximum absolute atomic E-state index is 4.83. The minimum atomic E-state index is 0.380. The molecule has 0 saturated heterocycles. The van der Waals surface area contributed by atoms with Gasteiger partial charge in [0.1, 0.15) is 5.82 Å². The number of nitrogens with zero attached hydrogens (tertiary/aromatic N) is 4. The first kappa shape index (κ1) is 20.8. The molecule has 1 saturated carbocycles. The number of benzene rings is 2. The summed E-state index contributed by atoms with van der Waals surface area (Å²) in [5, 5.41) is 9.88. The third kappa shape index (κ3) is 4.15. The topological polar surface area (TPSA) is 58.0 Å². The highest BCUT2D eigenvalue weighted by Crippen LogP contribution is 2.27. The highest BCUT2D eigenvalue weighted by Gasteiger charge is 2.23. The second-order valence-electron chi connectivity index (χ2n) is 9.15. The van der Waals surface area contributed by atoms with E-state index >= 15 is 0 Å². The molecule has 6 heteroatoms. The molecule has 0 aliphatic heterocycles. The minimum absolute atomic E-state index is 0.380. The van der Waals surface area contributed by atoms with Crippen molar-refractivity contribution in [1.82, 2.24) is 19.9 Å². The van der Waals surface area contributed by atoms with E-state index in [0.29, 0.717) is 12.1 Å². The van der Waals surface area contributed by atoms with Crippen molar-refractivity contribution in [3.8, 4) is 0 Å². The van der Waals surface area contributed by atoms with E-state index in [2.05, 4.69) is 69.7 Å². The Bertz CT molecular complexity index is 1230. The molecule has 2 aromatic heterocycles. The second-order valence-corrected chi connectivity index (χ2v) is 9.15. The van der Waals surface area contributed by atoms with Crippen molar-refractivity contribution in [3.63, 3.8) is 0 Å². The molecular weight excluding hydrogens is 396 g/mol. The number of hydrogen-bond donors (Lipinski definition) is 2. The lowest BCUT2D eigenvalue weighted by Gasteiger charge is -2.30. The molecular formula is C26H32N6. The van der Waals surface area contributed by atoms with Crippen molar-refractivity contribution >= 4 is 33.6 Å². The highest BCUT2D eigenvalue weighted by atomic mass is 15.2. The van der Waals surface area contributed by atoms with Crippen LogP contribution in [0.3, 0.4) is 0 Å². The summed E-state index contributed by atoms with van der Waals surface area (Å²) in [6, 6.07) is 17.7. The average Bonchev–Trinajstić information content (AvgIpc) is 3.13. The second kappa shape index (κ2) is 8.79. The summed E-state index contributed by atoms with van der Waals surface area (Å²) in [6.07, 6.45) is 6.91. The van der Waals surface area contributed by atoms with Gasteiger partial charge in [-0.15, -0.1) is 0 Å². The largest absolute Gasteiger partial charge is 0.362 e. The van der Waals surface area contributed by atoms with E-state index in [-0.39, 0.29) is 0 Å². The molecule has 0 radical (unpaired) electrons. The molecule has 2 N–H and O–H groups in total. The van der Waals surface area contributed by atoms with E-state index < -0.39 is 0 Å². The van der Waals surface area contributed by atoms with Crippen LogP contribution in [0.2, 0.25) is 0 Å². The van der Waals surface area contributed by atoms with Gasteiger partial charge in [0.15, 0.2) is 0 Å². The predicted octanol–water partition coefficient (Wildman–Crippen LogP) is 4.70. The summed E-state index contributed by atoms with van der Waals surface area (Å²) in [4.78, 5) is 11.7. The van der Waals surface area contributed by atoms with E-state index in [9.17, 15) is 0 Å². The molecule has 6 nitrogen and oxygen atoms in total. The van der Waals surface area contributed by atoms with Crippen LogP contribution < -0.4 is 15.5 Å². The first-order chi connectivity index (χ1) is 15.6. The third-order valence-electron chi connectivity index (χ3n) is 6.57. The van der Waals surface area contributed by atoms with Crippen LogP contribution in [0.5, 0.6) is 0 Å². The van der Waals surface area contributed by atoms with Gasteiger partial charge < -0.3 is 20.1 Å². The molecule has 1 aliphatic carbocycles. The molecule has 4 aromatic rings. The molecule has 0 spiro atoms. The number of fused-ring (bicyclic) bond motifs is 2. The maximum Gasteiger partial charge on any atom is 0.225 e. The lowest BCUT2D eigenvalue weighted by atomic mass is 9.91. The lowest BCUT2D eigenvalue weighted by molar-refractivity contribution is 0.350. The highest BCUT2D eigenvalue weighted by molar-refractivity contribution is 5.90. The smallest absolute Gasteiger partial charge is 0.225 e. The van der Waals surface area contributed by atoms with Crippen molar-refractivity contribution in [2.75, 3.05) is 24.3 Å². The number of aryl methyl sites for hydroxylation is 1. The minimum Gasteiger partial charge on any atom is -0.362 e. The van der Waals surface area contributed by atoms with Gasteiger partial charge in [-0.2, -0.15) is 4.98 Å².